The summed E-state index contributed by atoms with van der Waals surface area (Å²) in [4.78, 5) is 11.7. The Kier molecular flexibility index (Phi) is 3.61. The Bertz CT molecular complexity index is 565. The van der Waals surface area contributed by atoms with Crippen LogP contribution < -0.4 is 0 Å². The molecule has 0 fully saturated rings. The Morgan fingerprint density at radius 1 is 0.944 bits per heavy atom. The molecule has 0 heterocycles. The molecule has 2 rings (SSSR count). The summed E-state index contributed by atoms with van der Waals surface area (Å²) in [6, 6.07) is 14.5. The van der Waals surface area contributed by atoms with Crippen LogP contribution in [0.15, 0.2) is 42.5 Å². The quantitative estimate of drug-likeness (QED) is 0.716. The molecule has 2 aromatic carbocycles. The van der Waals surface area contributed by atoms with Crippen LogP contribution in [0.1, 0.15) is 34.8 Å². The molecule has 0 saturated carbocycles. The van der Waals surface area contributed by atoms with Crippen LogP contribution in [0.3, 0.4) is 0 Å². The second-order valence-corrected chi connectivity index (χ2v) is 4.67. The number of benzene rings is 2. The Hall–Kier alpha value is -1.89. The second kappa shape index (κ2) is 5.18. The van der Waals surface area contributed by atoms with Crippen molar-refractivity contribution in [3.63, 3.8) is 0 Å². The maximum atomic E-state index is 11.7. The van der Waals surface area contributed by atoms with Crippen molar-refractivity contribution in [1.29, 1.82) is 0 Å². The lowest BCUT2D eigenvalue weighted by Crippen LogP contribution is -1.99. The first kappa shape index (κ1) is 12.6. The third kappa shape index (κ3) is 2.51. The van der Waals surface area contributed by atoms with E-state index in [2.05, 4.69) is 37.3 Å². The summed E-state index contributed by atoms with van der Waals surface area (Å²) in [6.07, 6.45) is 0.560. The van der Waals surface area contributed by atoms with Gasteiger partial charge in [0.25, 0.3) is 0 Å². The van der Waals surface area contributed by atoms with Crippen LogP contribution in [-0.2, 0) is 0 Å². The van der Waals surface area contributed by atoms with Gasteiger partial charge in [-0.2, -0.15) is 0 Å². The molecular weight excluding hydrogens is 220 g/mol. The number of carbonyl (C=O) groups excluding carboxylic acids is 1. The fourth-order valence-electron chi connectivity index (χ4n) is 2.09. The molecule has 1 nitrogen and oxygen atoms in total. The summed E-state index contributed by atoms with van der Waals surface area (Å²) in [5.41, 5.74) is 5.51. The summed E-state index contributed by atoms with van der Waals surface area (Å²) < 4.78 is 0. The molecule has 0 atom stereocenters. The summed E-state index contributed by atoms with van der Waals surface area (Å²) in [6.45, 7) is 5.98. The molecule has 2 aromatic rings. The first-order chi connectivity index (χ1) is 8.61. The van der Waals surface area contributed by atoms with E-state index in [0.717, 1.165) is 11.1 Å². The third-order valence-electron chi connectivity index (χ3n) is 3.23. The molecule has 0 saturated heterocycles. The van der Waals surface area contributed by atoms with Crippen molar-refractivity contribution in [2.75, 3.05) is 0 Å². The average Bonchev–Trinajstić information content (AvgIpc) is 2.38. The van der Waals surface area contributed by atoms with Crippen LogP contribution >= 0.6 is 0 Å². The normalized spacial score (nSPS) is 10.4. The Labute approximate surface area is 108 Å². The van der Waals surface area contributed by atoms with Crippen molar-refractivity contribution in [3.8, 4) is 11.1 Å². The Morgan fingerprint density at radius 3 is 2.11 bits per heavy atom. The zero-order valence-corrected chi connectivity index (χ0v) is 11.2. The van der Waals surface area contributed by atoms with E-state index in [0.29, 0.717) is 6.42 Å². The number of aryl methyl sites for hydroxylation is 2. The van der Waals surface area contributed by atoms with E-state index in [-0.39, 0.29) is 5.78 Å². The maximum Gasteiger partial charge on any atom is 0.162 e. The lowest BCUT2D eigenvalue weighted by atomic mass is 9.97. The van der Waals surface area contributed by atoms with Crippen molar-refractivity contribution < 1.29 is 4.79 Å². The van der Waals surface area contributed by atoms with Gasteiger partial charge in [0.15, 0.2) is 5.78 Å². The highest BCUT2D eigenvalue weighted by Crippen LogP contribution is 2.23. The lowest BCUT2D eigenvalue weighted by Gasteiger charge is -2.07. The smallest absolute Gasteiger partial charge is 0.162 e. The molecular formula is C17H18O. The predicted octanol–water partition coefficient (Wildman–Crippen LogP) is 4.56. The van der Waals surface area contributed by atoms with Crippen LogP contribution in [0.25, 0.3) is 11.1 Å². The fourth-order valence-corrected chi connectivity index (χ4v) is 2.09. The zero-order valence-electron chi connectivity index (χ0n) is 11.2. The maximum absolute atomic E-state index is 11.7. The summed E-state index contributed by atoms with van der Waals surface area (Å²) in [5, 5.41) is 0. The highest BCUT2D eigenvalue weighted by Gasteiger charge is 2.07. The van der Waals surface area contributed by atoms with Crippen LogP contribution in [0, 0.1) is 13.8 Å². The Balaban J connectivity index is 2.40. The van der Waals surface area contributed by atoms with Crippen LogP contribution in [0.5, 0.6) is 0 Å². The molecule has 92 valence electrons. The molecule has 0 aliphatic rings. The van der Waals surface area contributed by atoms with Gasteiger partial charge in [0.05, 0.1) is 0 Å². The highest BCUT2D eigenvalue weighted by atomic mass is 16.1. The summed E-state index contributed by atoms with van der Waals surface area (Å²) in [7, 11) is 0. The van der Waals surface area contributed by atoms with Crippen molar-refractivity contribution in [2.24, 2.45) is 0 Å². The fraction of sp³-hybridized carbons (Fsp3) is 0.235. The molecule has 0 amide bonds. The first-order valence-corrected chi connectivity index (χ1v) is 6.32. The summed E-state index contributed by atoms with van der Waals surface area (Å²) >= 11 is 0. The number of hydrogen-bond acceptors (Lipinski definition) is 1. The standard InChI is InChI=1S/C17H18O/c1-4-17(18)16-10-9-15(11-13(16)3)14-7-5-12(2)6-8-14/h5-11H,4H2,1-3H3. The van der Waals surface area contributed by atoms with Gasteiger partial charge in [0.1, 0.15) is 0 Å². The molecule has 0 aliphatic carbocycles. The van der Waals surface area contributed by atoms with E-state index in [1.165, 1.54) is 16.7 Å². The largest absolute Gasteiger partial charge is 0.294 e. The summed E-state index contributed by atoms with van der Waals surface area (Å²) in [5.74, 6) is 0.211. The SMILES string of the molecule is CCC(=O)c1ccc(-c2ccc(C)cc2)cc1C. The predicted molar refractivity (Wildman–Crippen MR) is 76.0 cm³/mol. The molecule has 18 heavy (non-hydrogen) atoms. The zero-order chi connectivity index (χ0) is 13.1. The number of hydrogen-bond donors (Lipinski definition) is 0. The molecule has 0 aromatic heterocycles. The lowest BCUT2D eigenvalue weighted by molar-refractivity contribution is 0.0987. The van der Waals surface area contributed by atoms with Gasteiger partial charge in [-0.25, -0.2) is 0 Å². The van der Waals surface area contributed by atoms with Crippen molar-refractivity contribution in [2.45, 2.75) is 27.2 Å². The van der Waals surface area contributed by atoms with Gasteiger partial charge in [-0.05, 0) is 30.5 Å². The van der Waals surface area contributed by atoms with Crippen LogP contribution in [-0.4, -0.2) is 5.78 Å². The number of Topliss-reactive ketones (excluding diaryl/α,β-unsaturated/α-hetero) is 1. The van der Waals surface area contributed by atoms with Gasteiger partial charge in [0, 0.05) is 12.0 Å². The van der Waals surface area contributed by atoms with Gasteiger partial charge >= 0.3 is 0 Å². The topological polar surface area (TPSA) is 17.1 Å². The van der Waals surface area contributed by atoms with E-state index in [4.69, 9.17) is 0 Å². The Morgan fingerprint density at radius 2 is 1.56 bits per heavy atom. The third-order valence-corrected chi connectivity index (χ3v) is 3.23. The molecule has 0 aliphatic heterocycles. The minimum atomic E-state index is 0.211. The number of ketones is 1. The highest BCUT2D eigenvalue weighted by molar-refractivity contribution is 5.97. The van der Waals surface area contributed by atoms with E-state index in [1.54, 1.807) is 0 Å². The van der Waals surface area contributed by atoms with Crippen molar-refractivity contribution >= 4 is 5.78 Å². The first-order valence-electron chi connectivity index (χ1n) is 6.32. The van der Waals surface area contributed by atoms with Gasteiger partial charge in [0.2, 0.25) is 0 Å². The van der Waals surface area contributed by atoms with E-state index in [9.17, 15) is 4.79 Å². The van der Waals surface area contributed by atoms with Gasteiger partial charge in [-0.15, -0.1) is 0 Å². The van der Waals surface area contributed by atoms with Gasteiger partial charge < -0.3 is 0 Å². The monoisotopic (exact) mass is 238 g/mol. The van der Waals surface area contributed by atoms with Crippen LogP contribution in [0.4, 0.5) is 0 Å². The number of rotatable bonds is 3. The molecule has 0 unspecified atom stereocenters. The van der Waals surface area contributed by atoms with Gasteiger partial charge in [-0.1, -0.05) is 55.0 Å². The number of carbonyl (C=O) groups is 1. The van der Waals surface area contributed by atoms with Crippen molar-refractivity contribution in [3.05, 3.63) is 59.2 Å². The molecule has 1 heteroatoms. The van der Waals surface area contributed by atoms with Gasteiger partial charge in [-0.3, -0.25) is 4.79 Å². The van der Waals surface area contributed by atoms with Crippen LogP contribution in [0.2, 0.25) is 0 Å². The van der Waals surface area contributed by atoms with Crippen molar-refractivity contribution in [1.82, 2.24) is 0 Å². The molecule has 0 radical (unpaired) electrons. The van der Waals surface area contributed by atoms with E-state index < -0.39 is 0 Å². The minimum Gasteiger partial charge on any atom is -0.294 e. The molecule has 0 bridgehead atoms. The average molecular weight is 238 g/mol. The second-order valence-electron chi connectivity index (χ2n) is 4.67. The van der Waals surface area contributed by atoms with E-state index >= 15 is 0 Å². The molecule has 0 N–H and O–H groups in total. The minimum absolute atomic E-state index is 0.211. The van der Waals surface area contributed by atoms with E-state index in [1.807, 2.05) is 26.0 Å². The molecule has 0 spiro atoms.